The third kappa shape index (κ3) is 6.59. The zero-order valence-electron chi connectivity index (χ0n) is 22.3. The van der Waals surface area contributed by atoms with Crippen LogP contribution >= 0.6 is 0 Å². The number of hydrogen-bond donors (Lipinski definition) is 1. The molecule has 0 aromatic heterocycles. The molecule has 0 fully saturated rings. The molecule has 0 radical (unpaired) electrons. The average Bonchev–Trinajstić information content (AvgIpc) is 2.70. The van der Waals surface area contributed by atoms with Gasteiger partial charge in [-0.2, -0.15) is 18.4 Å². The topological polar surface area (TPSA) is 58.5 Å². The summed E-state index contributed by atoms with van der Waals surface area (Å²) in [7, 11) is -3.81. The molecule has 1 aliphatic carbocycles. The van der Waals surface area contributed by atoms with Gasteiger partial charge < -0.3 is 0 Å². The third-order valence-corrected chi connectivity index (χ3v) is 8.06. The lowest BCUT2D eigenvalue weighted by Gasteiger charge is -2.32. The highest BCUT2D eigenvalue weighted by Crippen LogP contribution is 2.40. The Kier molecular flexibility index (Phi) is 8.78. The Morgan fingerprint density at radius 2 is 1.58 bits per heavy atom. The van der Waals surface area contributed by atoms with Gasteiger partial charge in [-0.25, -0.2) is 0 Å². The molecular formula is C28H44N2O2S. The van der Waals surface area contributed by atoms with Crippen molar-refractivity contribution in [3.05, 3.63) is 52.1 Å². The maximum atomic E-state index is 13.5. The summed E-state index contributed by atoms with van der Waals surface area (Å²) in [5.41, 5.74) is 6.38. The van der Waals surface area contributed by atoms with Crippen molar-refractivity contribution < 1.29 is 8.42 Å². The Bertz CT molecular complexity index is 1030. The highest BCUT2D eigenvalue weighted by Gasteiger charge is 2.28. The van der Waals surface area contributed by atoms with E-state index in [2.05, 4.69) is 50.6 Å². The van der Waals surface area contributed by atoms with Crippen molar-refractivity contribution in [2.75, 3.05) is 0 Å². The summed E-state index contributed by atoms with van der Waals surface area (Å²) in [4.78, 5) is 2.91. The van der Waals surface area contributed by atoms with Gasteiger partial charge >= 0.3 is 0 Å². The number of hydrogen-bond acceptors (Lipinski definition) is 3. The van der Waals surface area contributed by atoms with Gasteiger partial charge in [-0.15, -0.1) is 0 Å². The number of allylic oxidation sites excluding steroid dienone is 4. The first-order valence-corrected chi connectivity index (χ1v) is 13.8. The highest BCUT2D eigenvalue weighted by atomic mass is 32.2. The molecule has 0 amide bonds. The van der Waals surface area contributed by atoms with Crippen molar-refractivity contribution in [1.82, 2.24) is 4.83 Å². The minimum Gasteiger partial charge on any atom is -0.200 e. The molecule has 33 heavy (non-hydrogen) atoms. The van der Waals surface area contributed by atoms with Crippen LogP contribution in [0.5, 0.6) is 0 Å². The Morgan fingerprint density at radius 3 is 2.03 bits per heavy atom. The second-order valence-corrected chi connectivity index (χ2v) is 12.7. The zero-order chi connectivity index (χ0) is 25.1. The number of rotatable bonds is 8. The predicted octanol–water partition coefficient (Wildman–Crippen LogP) is 7.79. The van der Waals surface area contributed by atoms with E-state index in [0.717, 1.165) is 24.0 Å². The second-order valence-electron chi connectivity index (χ2n) is 11.1. The van der Waals surface area contributed by atoms with Gasteiger partial charge in [0.2, 0.25) is 0 Å². The Morgan fingerprint density at radius 1 is 1.03 bits per heavy atom. The smallest absolute Gasteiger partial charge is 0.200 e. The summed E-state index contributed by atoms with van der Waals surface area (Å²) in [6.07, 6.45) is 7.53. The van der Waals surface area contributed by atoms with Crippen molar-refractivity contribution >= 4 is 15.7 Å². The Balaban J connectivity index is 2.43. The number of sulfonamides is 1. The first-order valence-electron chi connectivity index (χ1n) is 12.3. The molecule has 1 aromatic rings. The number of nitrogens with one attached hydrogen (secondary N) is 1. The Hall–Kier alpha value is -1.88. The summed E-state index contributed by atoms with van der Waals surface area (Å²) in [5.74, 6) is 0.499. The number of benzene rings is 1. The normalized spacial score (nSPS) is 17.7. The maximum Gasteiger partial charge on any atom is 0.277 e. The fourth-order valence-electron chi connectivity index (χ4n) is 4.63. The molecule has 5 heteroatoms. The van der Waals surface area contributed by atoms with Crippen LogP contribution in [0.2, 0.25) is 0 Å². The van der Waals surface area contributed by atoms with E-state index < -0.39 is 10.0 Å². The molecule has 1 N–H and O–H groups in total. The minimum absolute atomic E-state index is 0.0844. The fraction of sp³-hybridized carbons (Fsp3) is 0.607. The van der Waals surface area contributed by atoms with E-state index in [1.54, 1.807) is 0 Å². The summed E-state index contributed by atoms with van der Waals surface area (Å²) >= 11 is 0. The lowest BCUT2D eigenvalue weighted by atomic mass is 9.72. The largest absolute Gasteiger partial charge is 0.277 e. The molecule has 0 bridgehead atoms. The van der Waals surface area contributed by atoms with Gasteiger partial charge in [-0.3, -0.25) is 0 Å². The highest BCUT2D eigenvalue weighted by molar-refractivity contribution is 7.89. The molecular weight excluding hydrogens is 428 g/mol. The van der Waals surface area contributed by atoms with Crippen molar-refractivity contribution in [3.8, 4) is 0 Å². The van der Waals surface area contributed by atoms with Crippen LogP contribution in [0.1, 0.15) is 123 Å². The van der Waals surface area contributed by atoms with Gasteiger partial charge in [0.25, 0.3) is 10.0 Å². The quantitative estimate of drug-likeness (QED) is 0.310. The van der Waals surface area contributed by atoms with Crippen LogP contribution in [0.3, 0.4) is 0 Å². The van der Waals surface area contributed by atoms with Crippen LogP contribution in [-0.4, -0.2) is 14.1 Å². The zero-order valence-corrected chi connectivity index (χ0v) is 23.2. The molecule has 0 unspecified atom stereocenters. The number of hydrazone groups is 1. The van der Waals surface area contributed by atoms with Crippen LogP contribution in [0.4, 0.5) is 0 Å². The molecule has 0 aliphatic heterocycles. The first kappa shape index (κ1) is 27.4. The molecule has 1 aromatic carbocycles. The van der Waals surface area contributed by atoms with Gasteiger partial charge in [0.05, 0.1) is 10.6 Å². The summed E-state index contributed by atoms with van der Waals surface area (Å²) in [6, 6.07) is 4.10. The molecule has 184 valence electrons. The molecule has 1 aliphatic rings. The van der Waals surface area contributed by atoms with E-state index >= 15 is 0 Å². The third-order valence-electron chi connectivity index (χ3n) is 6.72. The standard InChI is InChI=1S/C28H44N2O2S/c1-18(2)23-16-24(19(3)4)27(25(17-23)20(5)6)33(31,32)30-29-22(8)13-14-26-21(7)12-11-15-28(26,9)10/h13-14,16-20,30H,11-12,15H2,1-10H3/b14-13+,29-22-. The van der Waals surface area contributed by atoms with E-state index in [1.165, 1.54) is 23.1 Å². The second kappa shape index (κ2) is 10.6. The average molecular weight is 473 g/mol. The van der Waals surface area contributed by atoms with Crippen molar-refractivity contribution in [1.29, 1.82) is 0 Å². The molecule has 0 spiro atoms. The SMILES string of the molecule is CC1=C(/C=C/C(C)=N\NS(=O)(=O)c2c(C(C)C)cc(C(C)C)cc2C(C)C)C(C)(C)CCC1. The monoisotopic (exact) mass is 472 g/mol. The van der Waals surface area contributed by atoms with E-state index in [9.17, 15) is 8.42 Å². The molecule has 0 saturated carbocycles. The molecule has 4 nitrogen and oxygen atoms in total. The fourth-order valence-corrected chi connectivity index (χ4v) is 6.19. The lowest BCUT2D eigenvalue weighted by Crippen LogP contribution is -2.23. The lowest BCUT2D eigenvalue weighted by molar-refractivity contribution is 0.377. The summed E-state index contributed by atoms with van der Waals surface area (Å²) in [5, 5.41) is 4.26. The molecule has 2 rings (SSSR count). The van der Waals surface area contributed by atoms with Crippen LogP contribution in [0.15, 0.2) is 45.4 Å². The van der Waals surface area contributed by atoms with Gasteiger partial charge in [-0.1, -0.05) is 79.2 Å². The van der Waals surface area contributed by atoms with Crippen molar-refractivity contribution in [2.45, 2.75) is 111 Å². The van der Waals surface area contributed by atoms with Crippen molar-refractivity contribution in [2.24, 2.45) is 10.5 Å². The van der Waals surface area contributed by atoms with Crippen LogP contribution in [0.25, 0.3) is 0 Å². The first-order chi connectivity index (χ1) is 15.2. The van der Waals surface area contributed by atoms with Crippen LogP contribution in [0, 0.1) is 5.41 Å². The Labute approximate surface area is 202 Å². The van der Waals surface area contributed by atoms with E-state index in [1.807, 2.05) is 52.8 Å². The molecule has 0 atom stereocenters. The molecule has 0 saturated heterocycles. The minimum atomic E-state index is -3.81. The summed E-state index contributed by atoms with van der Waals surface area (Å²) in [6.45, 7) is 21.0. The summed E-state index contributed by atoms with van der Waals surface area (Å²) < 4.78 is 27.0. The van der Waals surface area contributed by atoms with Crippen LogP contribution < -0.4 is 4.83 Å². The van der Waals surface area contributed by atoms with Gasteiger partial charge in [0.15, 0.2) is 0 Å². The van der Waals surface area contributed by atoms with Crippen LogP contribution in [-0.2, 0) is 10.0 Å². The predicted molar refractivity (Wildman–Crippen MR) is 142 cm³/mol. The van der Waals surface area contributed by atoms with E-state index in [0.29, 0.717) is 16.5 Å². The number of nitrogens with zero attached hydrogens (tertiary/aromatic N) is 1. The van der Waals surface area contributed by atoms with Gasteiger partial charge in [0.1, 0.15) is 0 Å². The molecule has 0 heterocycles. The maximum absolute atomic E-state index is 13.5. The van der Waals surface area contributed by atoms with Gasteiger partial charge in [0, 0.05) is 0 Å². The van der Waals surface area contributed by atoms with Gasteiger partial charge in [-0.05, 0) is 84.6 Å². The van der Waals surface area contributed by atoms with E-state index in [-0.39, 0.29) is 17.3 Å². The van der Waals surface area contributed by atoms with E-state index in [4.69, 9.17) is 0 Å². The van der Waals surface area contributed by atoms with Crippen molar-refractivity contribution in [3.63, 3.8) is 0 Å².